The van der Waals surface area contributed by atoms with Crippen molar-refractivity contribution in [2.45, 2.75) is 44.2 Å². The van der Waals surface area contributed by atoms with Gasteiger partial charge in [-0.3, -0.25) is 9.48 Å². The number of benzene rings is 1. The van der Waals surface area contributed by atoms with E-state index < -0.39 is 5.60 Å². The maximum Gasteiger partial charge on any atom is 0.244 e. The Morgan fingerprint density at radius 2 is 2.22 bits per heavy atom. The number of carbonyl (C=O) groups excluding carboxylic acids is 1. The Kier molecular flexibility index (Phi) is 5.02. The Hall–Kier alpha value is -2.18. The van der Waals surface area contributed by atoms with Gasteiger partial charge < -0.3 is 14.7 Å². The molecular formula is C21H27N3O3. The molecule has 2 heterocycles. The predicted molar refractivity (Wildman–Crippen MR) is 101 cm³/mol. The number of aryl methyl sites for hydroxylation is 1. The van der Waals surface area contributed by atoms with Gasteiger partial charge in [0, 0.05) is 25.1 Å². The van der Waals surface area contributed by atoms with Crippen LogP contribution < -0.4 is 0 Å². The largest absolute Gasteiger partial charge is 0.393 e. The summed E-state index contributed by atoms with van der Waals surface area (Å²) in [6.07, 6.45) is 4.87. The molecule has 1 amide bonds. The maximum atomic E-state index is 12.8. The quantitative estimate of drug-likeness (QED) is 0.845. The molecule has 1 unspecified atom stereocenters. The molecule has 1 aliphatic heterocycles. The third-order valence-electron chi connectivity index (χ3n) is 5.45. The van der Waals surface area contributed by atoms with Crippen molar-refractivity contribution in [2.24, 2.45) is 0 Å². The summed E-state index contributed by atoms with van der Waals surface area (Å²) in [5, 5.41) is 14.6. The molecule has 1 saturated carbocycles. The molecule has 27 heavy (non-hydrogen) atoms. The number of rotatable bonds is 6. The molecule has 1 saturated heterocycles. The number of amides is 1. The van der Waals surface area contributed by atoms with Crippen LogP contribution in [0.4, 0.5) is 0 Å². The summed E-state index contributed by atoms with van der Waals surface area (Å²) in [5.41, 5.74) is 2.63. The molecule has 2 aliphatic rings. The fourth-order valence-corrected chi connectivity index (χ4v) is 3.81. The van der Waals surface area contributed by atoms with E-state index in [1.54, 1.807) is 9.58 Å². The Labute approximate surface area is 159 Å². The van der Waals surface area contributed by atoms with Crippen LogP contribution in [0.1, 0.15) is 35.6 Å². The molecule has 1 aliphatic carbocycles. The summed E-state index contributed by atoms with van der Waals surface area (Å²) in [6, 6.07) is 10.2. The summed E-state index contributed by atoms with van der Waals surface area (Å²) < 4.78 is 7.70. The number of aromatic nitrogens is 2. The lowest BCUT2D eigenvalue weighted by atomic mass is 9.92. The molecule has 1 aromatic carbocycles. The van der Waals surface area contributed by atoms with E-state index in [2.05, 4.69) is 11.2 Å². The summed E-state index contributed by atoms with van der Waals surface area (Å²) in [5.74, 6) is 0.604. The van der Waals surface area contributed by atoms with E-state index in [-0.39, 0.29) is 19.1 Å². The van der Waals surface area contributed by atoms with Crippen molar-refractivity contribution in [2.75, 3.05) is 26.3 Å². The fraction of sp³-hybridized carbons (Fsp3) is 0.524. The number of carbonyl (C=O) groups is 1. The van der Waals surface area contributed by atoms with Gasteiger partial charge in [0.05, 0.1) is 25.5 Å². The second-order valence-electron chi connectivity index (χ2n) is 7.88. The zero-order chi connectivity index (χ0) is 18.9. The van der Waals surface area contributed by atoms with Crippen molar-refractivity contribution in [3.8, 4) is 0 Å². The molecule has 6 heteroatoms. The first-order chi connectivity index (χ1) is 13.1. The normalized spacial score (nSPS) is 22.8. The monoisotopic (exact) mass is 369 g/mol. The van der Waals surface area contributed by atoms with E-state index in [0.29, 0.717) is 32.0 Å². The molecule has 2 fully saturated rings. The summed E-state index contributed by atoms with van der Waals surface area (Å²) in [4.78, 5) is 14.6. The lowest BCUT2D eigenvalue weighted by Crippen LogP contribution is -2.57. The number of aliphatic hydroxyl groups excluding tert-OH is 1. The van der Waals surface area contributed by atoms with E-state index in [1.807, 2.05) is 37.4 Å². The second kappa shape index (κ2) is 7.44. The zero-order valence-corrected chi connectivity index (χ0v) is 15.8. The summed E-state index contributed by atoms with van der Waals surface area (Å²) in [6.45, 7) is 3.55. The van der Waals surface area contributed by atoms with Gasteiger partial charge in [0.25, 0.3) is 0 Å². The number of morpholine rings is 1. The highest BCUT2D eigenvalue weighted by Crippen LogP contribution is 2.38. The van der Waals surface area contributed by atoms with Crippen LogP contribution in [0.5, 0.6) is 0 Å². The molecule has 2 aromatic rings. The van der Waals surface area contributed by atoms with Gasteiger partial charge in [-0.05, 0) is 31.4 Å². The van der Waals surface area contributed by atoms with E-state index >= 15 is 0 Å². The van der Waals surface area contributed by atoms with Crippen molar-refractivity contribution >= 4 is 5.91 Å². The van der Waals surface area contributed by atoms with Gasteiger partial charge in [0.15, 0.2) is 0 Å². The number of ether oxygens (including phenoxy) is 1. The molecule has 6 nitrogen and oxygen atoms in total. The van der Waals surface area contributed by atoms with Gasteiger partial charge in [-0.25, -0.2) is 0 Å². The Morgan fingerprint density at radius 1 is 1.37 bits per heavy atom. The van der Waals surface area contributed by atoms with Crippen LogP contribution in [0.2, 0.25) is 0 Å². The van der Waals surface area contributed by atoms with Crippen LogP contribution in [-0.2, 0) is 22.5 Å². The third-order valence-corrected chi connectivity index (χ3v) is 5.45. The van der Waals surface area contributed by atoms with Crippen molar-refractivity contribution in [1.82, 2.24) is 14.7 Å². The molecular weight excluding hydrogens is 342 g/mol. The van der Waals surface area contributed by atoms with E-state index in [4.69, 9.17) is 4.74 Å². The van der Waals surface area contributed by atoms with Crippen LogP contribution in [0.25, 0.3) is 0 Å². The lowest BCUT2D eigenvalue weighted by molar-refractivity contribution is -0.158. The van der Waals surface area contributed by atoms with Crippen LogP contribution in [0.3, 0.4) is 0 Å². The first kappa shape index (κ1) is 18.2. The number of hydrogen-bond donors (Lipinski definition) is 1. The van der Waals surface area contributed by atoms with Gasteiger partial charge in [-0.1, -0.05) is 29.8 Å². The van der Waals surface area contributed by atoms with Gasteiger partial charge in [0.1, 0.15) is 12.1 Å². The maximum absolute atomic E-state index is 12.8. The first-order valence-electron chi connectivity index (χ1n) is 9.68. The molecule has 0 bridgehead atoms. The molecule has 144 valence electrons. The number of aliphatic hydroxyl groups is 1. The zero-order valence-electron chi connectivity index (χ0n) is 15.8. The van der Waals surface area contributed by atoms with Gasteiger partial charge in [0.2, 0.25) is 5.91 Å². The average molecular weight is 369 g/mol. The van der Waals surface area contributed by atoms with Crippen molar-refractivity contribution in [1.29, 1.82) is 0 Å². The minimum absolute atomic E-state index is 0.0193. The van der Waals surface area contributed by atoms with E-state index in [1.165, 1.54) is 18.4 Å². The highest BCUT2D eigenvalue weighted by molar-refractivity contribution is 5.76. The van der Waals surface area contributed by atoms with Gasteiger partial charge >= 0.3 is 0 Å². The van der Waals surface area contributed by atoms with Crippen LogP contribution in [-0.4, -0.2) is 57.6 Å². The molecule has 1 atom stereocenters. The number of nitrogens with zero attached hydrogens (tertiary/aromatic N) is 3. The van der Waals surface area contributed by atoms with Crippen molar-refractivity contribution in [3.05, 3.63) is 53.3 Å². The standard InChI is InChI=1S/C21H27N3O3/c1-16-3-2-4-17(11-16)12-21(15-25)14-23(9-10-27-21)20(26)13-24-8-7-19(22-24)18-5-6-18/h2-4,7-8,11,18,25H,5-6,9-10,12-15H2,1H3. The van der Waals surface area contributed by atoms with Gasteiger partial charge in [-0.2, -0.15) is 5.10 Å². The lowest BCUT2D eigenvalue weighted by Gasteiger charge is -2.42. The molecule has 1 N–H and O–H groups in total. The van der Waals surface area contributed by atoms with E-state index in [9.17, 15) is 9.90 Å². The Bertz CT molecular complexity index is 815. The second-order valence-corrected chi connectivity index (χ2v) is 7.88. The molecule has 0 radical (unpaired) electrons. The highest BCUT2D eigenvalue weighted by atomic mass is 16.5. The average Bonchev–Trinajstić information content (AvgIpc) is 3.41. The predicted octanol–water partition coefficient (Wildman–Crippen LogP) is 1.90. The SMILES string of the molecule is Cc1cccc(CC2(CO)CN(C(=O)Cn3ccc(C4CC4)n3)CCO2)c1. The highest BCUT2D eigenvalue weighted by Gasteiger charge is 2.38. The smallest absolute Gasteiger partial charge is 0.244 e. The Morgan fingerprint density at radius 3 is 2.96 bits per heavy atom. The van der Waals surface area contributed by atoms with Crippen LogP contribution in [0.15, 0.2) is 36.5 Å². The van der Waals surface area contributed by atoms with E-state index in [0.717, 1.165) is 11.3 Å². The van der Waals surface area contributed by atoms with Crippen molar-refractivity contribution < 1.29 is 14.6 Å². The van der Waals surface area contributed by atoms with Crippen molar-refractivity contribution in [3.63, 3.8) is 0 Å². The molecule has 0 spiro atoms. The fourth-order valence-electron chi connectivity index (χ4n) is 3.81. The topological polar surface area (TPSA) is 67.6 Å². The minimum atomic E-state index is -0.745. The molecule has 1 aromatic heterocycles. The molecule has 4 rings (SSSR count). The van der Waals surface area contributed by atoms with Gasteiger partial charge in [-0.15, -0.1) is 0 Å². The summed E-state index contributed by atoms with van der Waals surface area (Å²) >= 11 is 0. The van der Waals surface area contributed by atoms with Crippen LogP contribution in [0, 0.1) is 6.92 Å². The first-order valence-corrected chi connectivity index (χ1v) is 9.68. The Balaban J connectivity index is 1.42. The van der Waals surface area contributed by atoms with Crippen LogP contribution >= 0.6 is 0 Å². The minimum Gasteiger partial charge on any atom is -0.393 e. The third kappa shape index (κ3) is 4.22. The number of hydrogen-bond acceptors (Lipinski definition) is 4. The summed E-state index contributed by atoms with van der Waals surface area (Å²) in [7, 11) is 0.